The standard InChI is InChI=1S/C17H26N2O3/c1-12(22-3)13-6-4-7-14(10-13)18-16(21)19-15-8-5-9-17(15,2)11-20/h4,6-7,10,12,15,20H,5,8-9,11H2,1-3H3,(H2,18,19,21). The van der Waals surface area contributed by atoms with Crippen LogP contribution in [0.4, 0.5) is 10.5 Å². The maximum atomic E-state index is 12.2. The first kappa shape index (κ1) is 16.8. The maximum absolute atomic E-state index is 12.2. The molecular formula is C17H26N2O3. The van der Waals surface area contributed by atoms with E-state index in [-0.39, 0.29) is 30.2 Å². The molecule has 2 amide bonds. The minimum absolute atomic E-state index is 0.0126. The van der Waals surface area contributed by atoms with Gasteiger partial charge in [0.05, 0.1) is 12.7 Å². The van der Waals surface area contributed by atoms with Gasteiger partial charge in [-0.25, -0.2) is 4.79 Å². The van der Waals surface area contributed by atoms with Crippen molar-refractivity contribution in [1.29, 1.82) is 0 Å². The highest BCUT2D eigenvalue weighted by Crippen LogP contribution is 2.37. The van der Waals surface area contributed by atoms with Crippen LogP contribution in [0.25, 0.3) is 0 Å². The number of carbonyl (C=O) groups excluding carboxylic acids is 1. The Hall–Kier alpha value is -1.59. The van der Waals surface area contributed by atoms with Gasteiger partial charge in [0, 0.05) is 24.3 Å². The molecule has 1 aromatic rings. The first-order valence-corrected chi connectivity index (χ1v) is 7.79. The lowest BCUT2D eigenvalue weighted by Crippen LogP contribution is -2.46. The molecule has 1 saturated carbocycles. The van der Waals surface area contributed by atoms with Crippen LogP contribution < -0.4 is 10.6 Å². The van der Waals surface area contributed by atoms with Gasteiger partial charge >= 0.3 is 6.03 Å². The Balaban J connectivity index is 1.98. The Morgan fingerprint density at radius 2 is 2.32 bits per heavy atom. The molecule has 3 atom stereocenters. The Morgan fingerprint density at radius 1 is 1.55 bits per heavy atom. The minimum atomic E-state index is -0.228. The number of benzene rings is 1. The van der Waals surface area contributed by atoms with Crippen LogP contribution in [0, 0.1) is 5.41 Å². The highest BCUT2D eigenvalue weighted by molar-refractivity contribution is 5.89. The lowest BCUT2D eigenvalue weighted by molar-refractivity contribution is 0.119. The predicted molar refractivity (Wildman–Crippen MR) is 86.9 cm³/mol. The topological polar surface area (TPSA) is 70.6 Å². The third-order valence-corrected chi connectivity index (χ3v) is 4.72. The molecule has 22 heavy (non-hydrogen) atoms. The van der Waals surface area contributed by atoms with Gasteiger partial charge in [-0.1, -0.05) is 25.5 Å². The lowest BCUT2D eigenvalue weighted by Gasteiger charge is -2.30. The van der Waals surface area contributed by atoms with Crippen molar-refractivity contribution < 1.29 is 14.6 Å². The van der Waals surface area contributed by atoms with E-state index >= 15 is 0 Å². The number of urea groups is 1. The number of amides is 2. The number of hydrogen-bond acceptors (Lipinski definition) is 3. The maximum Gasteiger partial charge on any atom is 0.319 e. The first-order chi connectivity index (χ1) is 10.5. The first-order valence-electron chi connectivity index (χ1n) is 7.79. The summed E-state index contributed by atoms with van der Waals surface area (Å²) in [6, 6.07) is 7.41. The number of nitrogens with one attached hydrogen (secondary N) is 2. The zero-order valence-corrected chi connectivity index (χ0v) is 13.6. The van der Waals surface area contributed by atoms with Crippen LogP contribution >= 0.6 is 0 Å². The number of hydrogen-bond donors (Lipinski definition) is 3. The number of methoxy groups -OCH3 is 1. The van der Waals surface area contributed by atoms with E-state index in [0.717, 1.165) is 30.5 Å². The van der Waals surface area contributed by atoms with Crippen LogP contribution in [-0.2, 0) is 4.74 Å². The van der Waals surface area contributed by atoms with Crippen LogP contribution in [0.3, 0.4) is 0 Å². The molecule has 0 spiro atoms. The molecule has 3 N–H and O–H groups in total. The number of anilines is 1. The zero-order valence-electron chi connectivity index (χ0n) is 13.6. The van der Waals surface area contributed by atoms with E-state index in [1.54, 1.807) is 7.11 Å². The second kappa shape index (κ2) is 7.11. The normalized spacial score (nSPS) is 25.7. The van der Waals surface area contributed by atoms with Crippen molar-refractivity contribution in [1.82, 2.24) is 5.32 Å². The summed E-state index contributed by atoms with van der Waals surface area (Å²) in [5, 5.41) is 15.4. The van der Waals surface area contributed by atoms with Gasteiger partial charge in [0.1, 0.15) is 0 Å². The Morgan fingerprint density at radius 3 is 3.00 bits per heavy atom. The number of ether oxygens (including phenoxy) is 1. The second-order valence-electron chi connectivity index (χ2n) is 6.36. The summed E-state index contributed by atoms with van der Waals surface area (Å²) in [4.78, 5) is 12.2. The van der Waals surface area contributed by atoms with E-state index in [0.29, 0.717) is 0 Å². The molecule has 0 saturated heterocycles. The Kier molecular flexibility index (Phi) is 5.42. The van der Waals surface area contributed by atoms with Crippen LogP contribution in [0.1, 0.15) is 44.8 Å². The van der Waals surface area contributed by atoms with Crippen molar-refractivity contribution >= 4 is 11.7 Å². The molecule has 1 aromatic carbocycles. The monoisotopic (exact) mass is 306 g/mol. The quantitative estimate of drug-likeness (QED) is 0.783. The largest absolute Gasteiger partial charge is 0.396 e. The van der Waals surface area contributed by atoms with Gasteiger partial charge in [0.2, 0.25) is 0 Å². The summed E-state index contributed by atoms with van der Waals surface area (Å²) in [6.45, 7) is 4.08. The fraction of sp³-hybridized carbons (Fsp3) is 0.588. The highest BCUT2D eigenvalue weighted by atomic mass is 16.5. The van der Waals surface area contributed by atoms with Gasteiger partial charge in [-0.3, -0.25) is 0 Å². The molecular weight excluding hydrogens is 280 g/mol. The number of aliphatic hydroxyl groups is 1. The van der Waals surface area contributed by atoms with Gasteiger partial charge in [-0.05, 0) is 37.5 Å². The van der Waals surface area contributed by atoms with Gasteiger partial charge < -0.3 is 20.5 Å². The number of rotatable bonds is 5. The van der Waals surface area contributed by atoms with Crippen LogP contribution in [-0.4, -0.2) is 30.9 Å². The molecule has 122 valence electrons. The van der Waals surface area contributed by atoms with Gasteiger partial charge in [-0.2, -0.15) is 0 Å². The van der Waals surface area contributed by atoms with Crippen LogP contribution in [0.5, 0.6) is 0 Å². The van der Waals surface area contributed by atoms with E-state index in [1.165, 1.54) is 0 Å². The highest BCUT2D eigenvalue weighted by Gasteiger charge is 2.39. The summed E-state index contributed by atoms with van der Waals surface area (Å²) in [5.41, 5.74) is 1.54. The fourth-order valence-electron chi connectivity index (χ4n) is 3.00. The molecule has 1 aliphatic carbocycles. The molecule has 0 heterocycles. The van der Waals surface area contributed by atoms with Crippen molar-refractivity contribution in [3.8, 4) is 0 Å². The van der Waals surface area contributed by atoms with Gasteiger partial charge in [-0.15, -0.1) is 0 Å². The predicted octanol–water partition coefficient (Wildman–Crippen LogP) is 3.07. The van der Waals surface area contributed by atoms with Gasteiger partial charge in [0.15, 0.2) is 0 Å². The third-order valence-electron chi connectivity index (χ3n) is 4.72. The minimum Gasteiger partial charge on any atom is -0.396 e. The average molecular weight is 306 g/mol. The molecule has 5 heteroatoms. The Labute approximate surface area is 132 Å². The smallest absolute Gasteiger partial charge is 0.319 e. The molecule has 0 bridgehead atoms. The molecule has 0 radical (unpaired) electrons. The Bertz CT molecular complexity index is 520. The number of carbonyl (C=O) groups is 1. The SMILES string of the molecule is COC(C)c1cccc(NC(=O)NC2CCCC2(C)CO)c1. The molecule has 2 rings (SSSR count). The third kappa shape index (κ3) is 3.78. The van der Waals surface area contributed by atoms with E-state index in [9.17, 15) is 9.90 Å². The summed E-state index contributed by atoms with van der Waals surface area (Å²) in [5.74, 6) is 0. The number of aliphatic hydroxyl groups excluding tert-OH is 1. The van der Waals surface area contributed by atoms with Crippen molar-refractivity contribution in [3.63, 3.8) is 0 Å². The van der Waals surface area contributed by atoms with Crippen molar-refractivity contribution in [2.24, 2.45) is 5.41 Å². The molecule has 1 fully saturated rings. The lowest BCUT2D eigenvalue weighted by atomic mass is 9.86. The zero-order chi connectivity index (χ0) is 16.2. The van der Waals surface area contributed by atoms with E-state index < -0.39 is 0 Å². The van der Waals surface area contributed by atoms with E-state index in [4.69, 9.17) is 4.74 Å². The average Bonchev–Trinajstić information content (AvgIpc) is 2.88. The summed E-state index contributed by atoms with van der Waals surface area (Å²) < 4.78 is 5.29. The van der Waals surface area contributed by atoms with Crippen molar-refractivity contribution in [2.45, 2.75) is 45.3 Å². The molecule has 1 aliphatic rings. The van der Waals surface area contributed by atoms with E-state index in [2.05, 4.69) is 10.6 Å². The van der Waals surface area contributed by atoms with Crippen LogP contribution in [0.15, 0.2) is 24.3 Å². The van der Waals surface area contributed by atoms with Crippen LogP contribution in [0.2, 0.25) is 0 Å². The molecule has 5 nitrogen and oxygen atoms in total. The molecule has 0 aliphatic heterocycles. The summed E-state index contributed by atoms with van der Waals surface area (Å²) in [6.07, 6.45) is 2.86. The molecule has 0 aromatic heterocycles. The second-order valence-corrected chi connectivity index (χ2v) is 6.36. The summed E-state index contributed by atoms with van der Waals surface area (Å²) >= 11 is 0. The fourth-order valence-corrected chi connectivity index (χ4v) is 3.00. The van der Waals surface area contributed by atoms with Gasteiger partial charge in [0.25, 0.3) is 0 Å². The molecule has 3 unspecified atom stereocenters. The van der Waals surface area contributed by atoms with Crippen molar-refractivity contribution in [2.75, 3.05) is 19.0 Å². The van der Waals surface area contributed by atoms with E-state index in [1.807, 2.05) is 38.1 Å². The van der Waals surface area contributed by atoms with Crippen molar-refractivity contribution in [3.05, 3.63) is 29.8 Å². The summed E-state index contributed by atoms with van der Waals surface area (Å²) in [7, 11) is 1.66.